The molecule has 0 spiro atoms. The molecule has 6 nitrogen and oxygen atoms in total. The molecular formula is C20H31N3O3. The van der Waals surface area contributed by atoms with Gasteiger partial charge in [-0.25, -0.2) is 9.59 Å². The first-order valence-electron chi connectivity index (χ1n) is 9.31. The molecule has 0 radical (unpaired) electrons. The lowest BCUT2D eigenvalue weighted by atomic mass is 10.1. The van der Waals surface area contributed by atoms with Gasteiger partial charge in [-0.05, 0) is 58.1 Å². The second-order valence-corrected chi connectivity index (χ2v) is 7.82. The van der Waals surface area contributed by atoms with Crippen LogP contribution >= 0.6 is 0 Å². The highest BCUT2D eigenvalue weighted by atomic mass is 16.6. The van der Waals surface area contributed by atoms with Gasteiger partial charge in [0, 0.05) is 25.7 Å². The predicted octanol–water partition coefficient (Wildman–Crippen LogP) is 3.24. The van der Waals surface area contributed by atoms with Gasteiger partial charge in [0.1, 0.15) is 5.60 Å². The van der Waals surface area contributed by atoms with E-state index < -0.39 is 5.60 Å². The molecule has 1 fully saturated rings. The summed E-state index contributed by atoms with van der Waals surface area (Å²) in [5.41, 5.74) is 2.01. The number of hydrogen-bond acceptors (Lipinski definition) is 3. The molecule has 26 heavy (non-hydrogen) atoms. The maximum Gasteiger partial charge on any atom is 0.410 e. The number of hydrogen-bond donors (Lipinski definition) is 2. The minimum atomic E-state index is -0.483. The Bertz CT molecular complexity index is 617. The summed E-state index contributed by atoms with van der Waals surface area (Å²) in [5.74, 6) is 0. The number of urea groups is 1. The van der Waals surface area contributed by atoms with Gasteiger partial charge in [0.25, 0.3) is 0 Å². The molecule has 1 aromatic rings. The van der Waals surface area contributed by atoms with Crippen molar-refractivity contribution in [2.24, 2.45) is 0 Å². The number of piperidine rings is 1. The summed E-state index contributed by atoms with van der Waals surface area (Å²) in [6.07, 6.45) is 2.02. The van der Waals surface area contributed by atoms with E-state index in [1.807, 2.05) is 32.9 Å². The van der Waals surface area contributed by atoms with Crippen LogP contribution in [0.4, 0.5) is 9.59 Å². The van der Waals surface area contributed by atoms with Gasteiger partial charge >= 0.3 is 12.1 Å². The van der Waals surface area contributed by atoms with E-state index in [0.717, 1.165) is 19.3 Å². The lowest BCUT2D eigenvalue weighted by Gasteiger charge is -2.33. The van der Waals surface area contributed by atoms with E-state index in [9.17, 15) is 9.59 Å². The van der Waals surface area contributed by atoms with Crippen LogP contribution in [-0.4, -0.2) is 48.3 Å². The molecule has 2 N–H and O–H groups in total. The number of rotatable bonds is 4. The van der Waals surface area contributed by atoms with Crippen molar-refractivity contribution in [2.75, 3.05) is 19.6 Å². The first-order chi connectivity index (χ1) is 12.2. The topological polar surface area (TPSA) is 70.7 Å². The molecular weight excluding hydrogens is 330 g/mol. The van der Waals surface area contributed by atoms with Crippen molar-refractivity contribution in [1.29, 1.82) is 0 Å². The van der Waals surface area contributed by atoms with Gasteiger partial charge in [-0.15, -0.1) is 0 Å². The van der Waals surface area contributed by atoms with Gasteiger partial charge in [0.2, 0.25) is 0 Å². The first kappa shape index (κ1) is 20.1. The molecule has 1 aromatic carbocycles. The molecule has 0 saturated carbocycles. The Labute approximate surface area is 156 Å². The molecule has 1 aliphatic rings. The predicted molar refractivity (Wildman–Crippen MR) is 102 cm³/mol. The molecule has 0 aromatic heterocycles. The zero-order chi connectivity index (χ0) is 19.2. The first-order valence-corrected chi connectivity index (χ1v) is 9.31. The Morgan fingerprint density at radius 1 is 1.19 bits per heavy atom. The standard InChI is InChI=1S/C20H31N3O3/c1-15-7-5-6-8-16(15)9-12-21-18(24)22-17-10-13-23(14-11-17)19(25)26-20(2,3)4/h5-8,17H,9-14H2,1-4H3,(H2,21,22,24). The Morgan fingerprint density at radius 3 is 2.46 bits per heavy atom. The summed E-state index contributed by atoms with van der Waals surface area (Å²) >= 11 is 0. The molecule has 2 rings (SSSR count). The van der Waals surface area contributed by atoms with E-state index in [1.54, 1.807) is 4.90 Å². The van der Waals surface area contributed by atoms with Crippen molar-refractivity contribution >= 4 is 12.1 Å². The summed E-state index contributed by atoms with van der Waals surface area (Å²) in [5, 5.41) is 5.91. The lowest BCUT2D eigenvalue weighted by Crippen LogP contribution is -2.50. The van der Waals surface area contributed by atoms with Gasteiger partial charge in [-0.3, -0.25) is 0 Å². The van der Waals surface area contributed by atoms with E-state index in [-0.39, 0.29) is 18.2 Å². The van der Waals surface area contributed by atoms with E-state index in [4.69, 9.17) is 4.74 Å². The van der Waals surface area contributed by atoms with Crippen LogP contribution in [0.15, 0.2) is 24.3 Å². The number of aryl methyl sites for hydroxylation is 1. The smallest absolute Gasteiger partial charge is 0.410 e. The Kier molecular flexibility index (Phi) is 6.89. The zero-order valence-electron chi connectivity index (χ0n) is 16.3. The van der Waals surface area contributed by atoms with Crippen LogP contribution in [0.3, 0.4) is 0 Å². The SMILES string of the molecule is Cc1ccccc1CCNC(=O)NC1CCN(C(=O)OC(C)(C)C)CC1. The number of carbonyl (C=O) groups is 2. The molecule has 0 unspecified atom stereocenters. The van der Waals surface area contributed by atoms with Gasteiger partial charge in [-0.1, -0.05) is 24.3 Å². The number of likely N-dealkylation sites (tertiary alicyclic amines) is 1. The molecule has 6 heteroatoms. The van der Waals surface area contributed by atoms with Crippen molar-refractivity contribution in [3.8, 4) is 0 Å². The molecule has 1 aliphatic heterocycles. The van der Waals surface area contributed by atoms with Crippen molar-refractivity contribution in [2.45, 2.75) is 58.6 Å². The normalized spacial score (nSPS) is 15.5. The number of carbonyl (C=O) groups excluding carboxylic acids is 2. The zero-order valence-corrected chi connectivity index (χ0v) is 16.3. The van der Waals surface area contributed by atoms with E-state index in [2.05, 4.69) is 29.7 Å². The number of ether oxygens (including phenoxy) is 1. The van der Waals surface area contributed by atoms with Gasteiger partial charge < -0.3 is 20.3 Å². The fraction of sp³-hybridized carbons (Fsp3) is 0.600. The second-order valence-electron chi connectivity index (χ2n) is 7.82. The van der Waals surface area contributed by atoms with Gasteiger partial charge in [-0.2, -0.15) is 0 Å². The van der Waals surface area contributed by atoms with Crippen LogP contribution in [0.5, 0.6) is 0 Å². The number of nitrogens with one attached hydrogen (secondary N) is 2. The maximum atomic E-state index is 12.1. The van der Waals surface area contributed by atoms with Crippen molar-refractivity contribution < 1.29 is 14.3 Å². The third-order valence-corrected chi connectivity index (χ3v) is 4.42. The van der Waals surface area contributed by atoms with Crippen LogP contribution in [0.25, 0.3) is 0 Å². The molecule has 1 saturated heterocycles. The van der Waals surface area contributed by atoms with E-state index in [1.165, 1.54) is 11.1 Å². The van der Waals surface area contributed by atoms with Crippen molar-refractivity contribution in [3.05, 3.63) is 35.4 Å². The minimum Gasteiger partial charge on any atom is -0.444 e. The molecule has 3 amide bonds. The molecule has 0 bridgehead atoms. The molecule has 1 heterocycles. The monoisotopic (exact) mass is 361 g/mol. The largest absolute Gasteiger partial charge is 0.444 e. The van der Waals surface area contributed by atoms with E-state index >= 15 is 0 Å². The highest BCUT2D eigenvalue weighted by Gasteiger charge is 2.27. The quantitative estimate of drug-likeness (QED) is 0.865. The number of amides is 3. The van der Waals surface area contributed by atoms with Crippen LogP contribution in [0, 0.1) is 6.92 Å². The lowest BCUT2D eigenvalue weighted by molar-refractivity contribution is 0.0201. The van der Waals surface area contributed by atoms with Crippen LogP contribution in [0.2, 0.25) is 0 Å². The third kappa shape index (κ3) is 6.58. The molecule has 0 atom stereocenters. The fourth-order valence-electron chi connectivity index (χ4n) is 2.97. The summed E-state index contributed by atoms with van der Waals surface area (Å²) < 4.78 is 5.39. The maximum absolute atomic E-state index is 12.1. The third-order valence-electron chi connectivity index (χ3n) is 4.42. The van der Waals surface area contributed by atoms with Crippen molar-refractivity contribution in [3.63, 3.8) is 0 Å². The Hall–Kier alpha value is -2.24. The van der Waals surface area contributed by atoms with Crippen LogP contribution < -0.4 is 10.6 Å². The van der Waals surface area contributed by atoms with Crippen molar-refractivity contribution in [1.82, 2.24) is 15.5 Å². The summed E-state index contributed by atoms with van der Waals surface area (Å²) in [6.45, 7) is 9.47. The average Bonchev–Trinajstić information content (AvgIpc) is 2.55. The Morgan fingerprint density at radius 2 is 1.85 bits per heavy atom. The number of nitrogens with zero attached hydrogens (tertiary/aromatic N) is 1. The van der Waals surface area contributed by atoms with Crippen LogP contribution in [0.1, 0.15) is 44.7 Å². The fourth-order valence-corrected chi connectivity index (χ4v) is 2.97. The molecule has 0 aliphatic carbocycles. The summed E-state index contributed by atoms with van der Waals surface area (Å²) in [4.78, 5) is 25.8. The summed E-state index contributed by atoms with van der Waals surface area (Å²) in [7, 11) is 0. The second kappa shape index (κ2) is 8.92. The number of benzene rings is 1. The molecule has 144 valence electrons. The highest BCUT2D eigenvalue weighted by molar-refractivity contribution is 5.74. The highest BCUT2D eigenvalue weighted by Crippen LogP contribution is 2.15. The van der Waals surface area contributed by atoms with Gasteiger partial charge in [0.15, 0.2) is 0 Å². The minimum absolute atomic E-state index is 0.0900. The average molecular weight is 361 g/mol. The Balaban J connectivity index is 1.66. The van der Waals surface area contributed by atoms with E-state index in [0.29, 0.717) is 19.6 Å². The van der Waals surface area contributed by atoms with Crippen LogP contribution in [-0.2, 0) is 11.2 Å². The van der Waals surface area contributed by atoms with Gasteiger partial charge in [0.05, 0.1) is 0 Å². The summed E-state index contributed by atoms with van der Waals surface area (Å²) in [6, 6.07) is 8.14.